The first kappa shape index (κ1) is 9.53. The van der Waals surface area contributed by atoms with Gasteiger partial charge in [-0.05, 0) is 19.9 Å². The van der Waals surface area contributed by atoms with Gasteiger partial charge in [0.1, 0.15) is 5.82 Å². The first-order chi connectivity index (χ1) is 7.74. The van der Waals surface area contributed by atoms with E-state index in [2.05, 4.69) is 20.4 Å². The molecule has 2 aromatic rings. The highest BCUT2D eigenvalue weighted by Gasteiger charge is 2.18. The Morgan fingerprint density at radius 1 is 1.56 bits per heavy atom. The van der Waals surface area contributed by atoms with Crippen molar-refractivity contribution in [1.82, 2.24) is 24.9 Å². The predicted molar refractivity (Wildman–Crippen MR) is 58.6 cm³/mol. The van der Waals surface area contributed by atoms with Crippen LogP contribution in [0.2, 0.25) is 0 Å². The Balaban J connectivity index is 2.16. The Bertz CT molecular complexity index is 578. The van der Waals surface area contributed by atoms with E-state index in [-0.39, 0.29) is 5.69 Å². The average Bonchev–Trinajstić information content (AvgIpc) is 2.84. The summed E-state index contributed by atoms with van der Waals surface area (Å²) in [6, 6.07) is 1.92. The number of hydrogen-bond acceptors (Lipinski definition) is 4. The summed E-state index contributed by atoms with van der Waals surface area (Å²) in [5.41, 5.74) is 1.37. The molecule has 84 valence electrons. The first-order valence-corrected chi connectivity index (χ1v) is 5.41. The maximum atomic E-state index is 11.8. The van der Waals surface area contributed by atoms with Crippen LogP contribution in [-0.2, 0) is 0 Å². The highest BCUT2D eigenvalue weighted by Crippen LogP contribution is 2.19. The fraction of sp³-hybridized carbons (Fsp3) is 0.500. The van der Waals surface area contributed by atoms with Crippen molar-refractivity contribution in [3.63, 3.8) is 0 Å². The summed E-state index contributed by atoms with van der Waals surface area (Å²) < 4.78 is 1.31. The fourth-order valence-electron chi connectivity index (χ4n) is 2.17. The van der Waals surface area contributed by atoms with Crippen LogP contribution in [0.5, 0.6) is 0 Å². The standard InChI is InChI=1S/C10H13N5O/c1-6-12-9-4-8(7-2-3-11-5-7)13-10(16)15(9)14-6/h4,7,11H,2-3,5H2,1H3,(H,13,16). The molecule has 2 N–H and O–H groups in total. The summed E-state index contributed by atoms with van der Waals surface area (Å²) in [4.78, 5) is 18.8. The molecule has 0 aromatic carbocycles. The highest BCUT2D eigenvalue weighted by molar-refractivity contribution is 5.38. The Morgan fingerprint density at radius 2 is 2.44 bits per heavy atom. The molecule has 16 heavy (non-hydrogen) atoms. The second-order valence-electron chi connectivity index (χ2n) is 4.15. The molecule has 0 spiro atoms. The number of aromatic nitrogens is 4. The van der Waals surface area contributed by atoms with Crippen molar-refractivity contribution in [1.29, 1.82) is 0 Å². The number of nitrogens with one attached hydrogen (secondary N) is 2. The lowest BCUT2D eigenvalue weighted by Crippen LogP contribution is -2.21. The van der Waals surface area contributed by atoms with Crippen molar-refractivity contribution in [2.45, 2.75) is 19.3 Å². The number of nitrogens with zero attached hydrogens (tertiary/aromatic N) is 3. The van der Waals surface area contributed by atoms with E-state index in [0.29, 0.717) is 17.4 Å². The van der Waals surface area contributed by atoms with E-state index in [1.807, 2.05) is 6.07 Å². The average molecular weight is 219 g/mol. The van der Waals surface area contributed by atoms with Crippen molar-refractivity contribution in [2.24, 2.45) is 0 Å². The van der Waals surface area contributed by atoms with Gasteiger partial charge in [0.2, 0.25) is 0 Å². The van der Waals surface area contributed by atoms with Crippen molar-refractivity contribution in [3.05, 3.63) is 28.1 Å². The van der Waals surface area contributed by atoms with Gasteiger partial charge in [-0.3, -0.25) is 0 Å². The SMILES string of the molecule is Cc1nc2cc(C3CCNC3)[nH]c(=O)n2n1. The van der Waals surface area contributed by atoms with E-state index < -0.39 is 0 Å². The molecule has 1 fully saturated rings. The fourth-order valence-corrected chi connectivity index (χ4v) is 2.17. The zero-order valence-electron chi connectivity index (χ0n) is 9.03. The van der Waals surface area contributed by atoms with Gasteiger partial charge in [-0.15, -0.1) is 5.10 Å². The van der Waals surface area contributed by atoms with Crippen molar-refractivity contribution in [2.75, 3.05) is 13.1 Å². The molecule has 1 unspecified atom stereocenters. The normalized spacial score (nSPS) is 20.7. The molecule has 1 aliphatic rings. The van der Waals surface area contributed by atoms with E-state index in [1.165, 1.54) is 4.52 Å². The van der Waals surface area contributed by atoms with Gasteiger partial charge in [-0.2, -0.15) is 4.52 Å². The van der Waals surface area contributed by atoms with Gasteiger partial charge in [0.05, 0.1) is 0 Å². The van der Waals surface area contributed by atoms with E-state index in [1.54, 1.807) is 6.92 Å². The van der Waals surface area contributed by atoms with Crippen LogP contribution in [0.25, 0.3) is 5.65 Å². The molecule has 0 saturated carbocycles. The third-order valence-electron chi connectivity index (χ3n) is 2.97. The minimum absolute atomic E-state index is 0.208. The van der Waals surface area contributed by atoms with Gasteiger partial charge in [-0.25, -0.2) is 9.78 Å². The van der Waals surface area contributed by atoms with E-state index in [9.17, 15) is 4.79 Å². The molecule has 0 radical (unpaired) electrons. The van der Waals surface area contributed by atoms with Crippen LogP contribution in [-0.4, -0.2) is 32.7 Å². The Morgan fingerprint density at radius 3 is 3.19 bits per heavy atom. The van der Waals surface area contributed by atoms with E-state index in [0.717, 1.165) is 25.2 Å². The van der Waals surface area contributed by atoms with Gasteiger partial charge in [-0.1, -0.05) is 0 Å². The summed E-state index contributed by atoms with van der Waals surface area (Å²) in [6.45, 7) is 3.70. The monoisotopic (exact) mass is 219 g/mol. The lowest BCUT2D eigenvalue weighted by Gasteiger charge is -2.07. The third kappa shape index (κ3) is 1.42. The molecule has 1 atom stereocenters. The van der Waals surface area contributed by atoms with Crippen molar-refractivity contribution in [3.8, 4) is 0 Å². The zero-order chi connectivity index (χ0) is 11.1. The van der Waals surface area contributed by atoms with Crippen molar-refractivity contribution < 1.29 is 0 Å². The van der Waals surface area contributed by atoms with Crippen molar-refractivity contribution >= 4 is 5.65 Å². The predicted octanol–water partition coefficient (Wildman–Crippen LogP) is -0.197. The quantitative estimate of drug-likeness (QED) is 0.696. The lowest BCUT2D eigenvalue weighted by molar-refractivity contribution is 0.713. The summed E-state index contributed by atoms with van der Waals surface area (Å²) in [7, 11) is 0. The van der Waals surface area contributed by atoms with Gasteiger partial charge in [0, 0.05) is 24.2 Å². The van der Waals surface area contributed by atoms with Crippen LogP contribution >= 0.6 is 0 Å². The second kappa shape index (κ2) is 3.41. The third-order valence-corrected chi connectivity index (χ3v) is 2.97. The van der Waals surface area contributed by atoms with Gasteiger partial charge < -0.3 is 10.3 Å². The number of rotatable bonds is 1. The molecule has 3 heterocycles. The molecule has 0 amide bonds. The number of fused-ring (bicyclic) bond motifs is 1. The number of aryl methyl sites for hydroxylation is 1. The number of aromatic amines is 1. The summed E-state index contributed by atoms with van der Waals surface area (Å²) in [6.07, 6.45) is 1.05. The molecular formula is C10H13N5O. The largest absolute Gasteiger partial charge is 0.348 e. The summed E-state index contributed by atoms with van der Waals surface area (Å²) in [5.74, 6) is 1.00. The summed E-state index contributed by atoms with van der Waals surface area (Å²) in [5, 5.41) is 7.31. The Labute approximate surface area is 91.7 Å². The van der Waals surface area contributed by atoms with Crippen LogP contribution < -0.4 is 11.0 Å². The zero-order valence-corrected chi connectivity index (χ0v) is 9.03. The van der Waals surface area contributed by atoms with E-state index in [4.69, 9.17) is 0 Å². The van der Waals surface area contributed by atoms with Gasteiger partial charge in [0.15, 0.2) is 5.65 Å². The highest BCUT2D eigenvalue weighted by atomic mass is 16.1. The maximum absolute atomic E-state index is 11.8. The molecule has 3 rings (SSSR count). The summed E-state index contributed by atoms with van der Waals surface area (Å²) >= 11 is 0. The lowest BCUT2D eigenvalue weighted by atomic mass is 10.1. The molecule has 1 saturated heterocycles. The Hall–Kier alpha value is -1.69. The smallest absolute Gasteiger partial charge is 0.316 e. The molecule has 0 bridgehead atoms. The van der Waals surface area contributed by atoms with Crippen LogP contribution in [0.1, 0.15) is 23.9 Å². The molecule has 2 aromatic heterocycles. The molecule has 0 aliphatic carbocycles. The maximum Gasteiger partial charge on any atom is 0.348 e. The Kier molecular flexibility index (Phi) is 2.03. The molecule has 1 aliphatic heterocycles. The van der Waals surface area contributed by atoms with Gasteiger partial charge >= 0.3 is 5.69 Å². The van der Waals surface area contributed by atoms with Crippen LogP contribution in [0, 0.1) is 6.92 Å². The van der Waals surface area contributed by atoms with Crippen LogP contribution in [0.3, 0.4) is 0 Å². The second-order valence-corrected chi connectivity index (χ2v) is 4.15. The van der Waals surface area contributed by atoms with Gasteiger partial charge in [0.25, 0.3) is 0 Å². The molecule has 6 heteroatoms. The van der Waals surface area contributed by atoms with Crippen LogP contribution in [0.4, 0.5) is 0 Å². The first-order valence-electron chi connectivity index (χ1n) is 5.41. The minimum atomic E-state index is -0.208. The minimum Gasteiger partial charge on any atom is -0.316 e. The van der Waals surface area contributed by atoms with Crippen LogP contribution in [0.15, 0.2) is 10.9 Å². The molecule has 6 nitrogen and oxygen atoms in total. The topological polar surface area (TPSA) is 75.1 Å². The molecular weight excluding hydrogens is 206 g/mol. The van der Waals surface area contributed by atoms with E-state index >= 15 is 0 Å². The number of hydrogen-bond donors (Lipinski definition) is 2. The number of H-pyrrole nitrogens is 1.